The van der Waals surface area contributed by atoms with Gasteiger partial charge in [-0.25, -0.2) is 0 Å². The molecule has 1 aromatic heterocycles. The Bertz CT molecular complexity index is 188. The maximum absolute atomic E-state index is 9.94. The molecule has 0 aliphatic heterocycles. The Kier molecular flexibility index (Phi) is 5.41. The molecule has 0 aromatic carbocycles. The molecule has 11 heavy (non-hydrogen) atoms. The molecule has 4 heteroatoms. The summed E-state index contributed by atoms with van der Waals surface area (Å²) < 4.78 is 0. The van der Waals surface area contributed by atoms with Crippen molar-refractivity contribution in [2.75, 3.05) is 0 Å². The van der Waals surface area contributed by atoms with Crippen molar-refractivity contribution in [3.05, 3.63) is 37.7 Å². The standard InChI is InChI=1S/C5H6O.C2H3N3/c1-3-5(6)4-2;1-2-4-5-3-1/h3-4H,1-2H2;1-2H,(H,3,4,5). The van der Waals surface area contributed by atoms with Crippen LogP contribution >= 0.6 is 0 Å². The van der Waals surface area contributed by atoms with E-state index < -0.39 is 0 Å². The Morgan fingerprint density at radius 1 is 1.27 bits per heavy atom. The summed E-state index contributed by atoms with van der Waals surface area (Å²) in [5.41, 5.74) is 0. The van der Waals surface area contributed by atoms with E-state index in [1.807, 2.05) is 0 Å². The van der Waals surface area contributed by atoms with E-state index in [2.05, 4.69) is 28.6 Å². The third-order valence-corrected chi connectivity index (χ3v) is 0.734. The Morgan fingerprint density at radius 3 is 1.82 bits per heavy atom. The maximum Gasteiger partial charge on any atom is 0.177 e. The van der Waals surface area contributed by atoms with E-state index >= 15 is 0 Å². The normalized spacial score (nSPS) is 7.27. The Hall–Kier alpha value is -1.71. The second-order valence-corrected chi connectivity index (χ2v) is 1.47. The van der Waals surface area contributed by atoms with Crippen LogP contribution < -0.4 is 0 Å². The average molecular weight is 151 g/mol. The lowest BCUT2D eigenvalue weighted by Crippen LogP contribution is -1.78. The van der Waals surface area contributed by atoms with Crippen LogP contribution in [0.4, 0.5) is 0 Å². The van der Waals surface area contributed by atoms with Gasteiger partial charge in [-0.2, -0.15) is 15.4 Å². The molecule has 0 unspecified atom stereocenters. The van der Waals surface area contributed by atoms with Crippen LogP contribution in [0.15, 0.2) is 37.7 Å². The number of hydrogen-bond acceptors (Lipinski definition) is 3. The summed E-state index contributed by atoms with van der Waals surface area (Å²) in [6.45, 7) is 6.42. The van der Waals surface area contributed by atoms with Crippen LogP contribution in [0, 0.1) is 0 Å². The molecule has 1 N–H and O–H groups in total. The molecule has 58 valence electrons. The van der Waals surface area contributed by atoms with Crippen LogP contribution in [-0.4, -0.2) is 21.2 Å². The molecular formula is C7H9N3O. The molecule has 0 saturated heterocycles. The summed E-state index contributed by atoms with van der Waals surface area (Å²) in [7, 11) is 0. The first kappa shape index (κ1) is 9.29. The lowest BCUT2D eigenvalue weighted by molar-refractivity contribution is -0.110. The van der Waals surface area contributed by atoms with Gasteiger partial charge in [0.25, 0.3) is 0 Å². The molecule has 1 heterocycles. The molecule has 0 saturated carbocycles. The Morgan fingerprint density at radius 2 is 1.73 bits per heavy atom. The first-order valence-electron chi connectivity index (χ1n) is 2.89. The fourth-order valence-electron chi connectivity index (χ4n) is 0.250. The van der Waals surface area contributed by atoms with E-state index in [9.17, 15) is 4.79 Å². The molecule has 0 spiro atoms. The number of aromatic nitrogens is 3. The third kappa shape index (κ3) is 6.17. The predicted molar refractivity (Wildman–Crippen MR) is 41.8 cm³/mol. The first-order valence-corrected chi connectivity index (χ1v) is 2.89. The van der Waals surface area contributed by atoms with Crippen molar-refractivity contribution in [2.24, 2.45) is 0 Å². The van der Waals surface area contributed by atoms with E-state index in [1.165, 1.54) is 12.2 Å². The molecular weight excluding hydrogens is 142 g/mol. The van der Waals surface area contributed by atoms with E-state index in [1.54, 1.807) is 12.4 Å². The molecule has 1 rings (SSSR count). The quantitative estimate of drug-likeness (QED) is 0.634. The Labute approximate surface area is 64.6 Å². The third-order valence-electron chi connectivity index (χ3n) is 0.734. The number of carbonyl (C=O) groups excluding carboxylic acids is 1. The van der Waals surface area contributed by atoms with Gasteiger partial charge in [0, 0.05) is 0 Å². The van der Waals surface area contributed by atoms with Gasteiger partial charge in [0.15, 0.2) is 5.78 Å². The molecule has 0 aliphatic carbocycles. The highest BCUT2D eigenvalue weighted by Gasteiger charge is 1.75. The SMILES string of the molecule is C=CC(=O)C=C.c1cn[nH]n1. The van der Waals surface area contributed by atoms with Crippen LogP contribution in [-0.2, 0) is 4.79 Å². The smallest absolute Gasteiger partial charge is 0.177 e. The van der Waals surface area contributed by atoms with Gasteiger partial charge in [0.1, 0.15) is 0 Å². The lowest BCUT2D eigenvalue weighted by Gasteiger charge is -1.68. The zero-order valence-electron chi connectivity index (χ0n) is 6.03. The van der Waals surface area contributed by atoms with Crippen molar-refractivity contribution in [1.82, 2.24) is 15.4 Å². The molecule has 0 atom stereocenters. The monoisotopic (exact) mass is 151 g/mol. The van der Waals surface area contributed by atoms with Crippen LogP contribution in [0.5, 0.6) is 0 Å². The van der Waals surface area contributed by atoms with E-state index in [0.717, 1.165) is 0 Å². The summed E-state index contributed by atoms with van der Waals surface area (Å²) in [6, 6.07) is 0. The minimum Gasteiger partial charge on any atom is -0.290 e. The second kappa shape index (κ2) is 6.41. The van der Waals surface area contributed by atoms with E-state index in [4.69, 9.17) is 0 Å². The zero-order valence-corrected chi connectivity index (χ0v) is 6.03. The van der Waals surface area contributed by atoms with Crippen molar-refractivity contribution in [1.29, 1.82) is 0 Å². The number of aromatic amines is 1. The summed E-state index contributed by atoms with van der Waals surface area (Å²) >= 11 is 0. The number of nitrogens with zero attached hydrogens (tertiary/aromatic N) is 2. The number of H-pyrrole nitrogens is 1. The number of nitrogens with one attached hydrogen (secondary N) is 1. The van der Waals surface area contributed by atoms with Crippen molar-refractivity contribution in [2.45, 2.75) is 0 Å². The number of rotatable bonds is 2. The van der Waals surface area contributed by atoms with Gasteiger partial charge in [-0.15, -0.1) is 0 Å². The number of ketones is 1. The van der Waals surface area contributed by atoms with E-state index in [0.29, 0.717) is 0 Å². The molecule has 0 fully saturated rings. The van der Waals surface area contributed by atoms with Crippen molar-refractivity contribution in [3.63, 3.8) is 0 Å². The molecule has 0 amide bonds. The van der Waals surface area contributed by atoms with Crippen molar-refractivity contribution < 1.29 is 4.79 Å². The maximum atomic E-state index is 9.94. The number of allylic oxidation sites excluding steroid dienone is 2. The fourth-order valence-corrected chi connectivity index (χ4v) is 0.250. The minimum atomic E-state index is -0.130. The second-order valence-electron chi connectivity index (χ2n) is 1.47. The average Bonchev–Trinajstić information content (AvgIpc) is 2.60. The summed E-state index contributed by atoms with van der Waals surface area (Å²) in [4.78, 5) is 9.94. The highest BCUT2D eigenvalue weighted by atomic mass is 16.1. The molecule has 1 aromatic rings. The highest BCUT2D eigenvalue weighted by molar-refractivity contribution is 5.98. The molecule has 0 bridgehead atoms. The fraction of sp³-hybridized carbons (Fsp3) is 0. The van der Waals surface area contributed by atoms with Gasteiger partial charge >= 0.3 is 0 Å². The van der Waals surface area contributed by atoms with Gasteiger partial charge < -0.3 is 0 Å². The number of carbonyl (C=O) groups is 1. The lowest BCUT2D eigenvalue weighted by atomic mass is 10.4. The topological polar surface area (TPSA) is 58.6 Å². The van der Waals surface area contributed by atoms with Crippen LogP contribution in [0.3, 0.4) is 0 Å². The number of hydrogen-bond donors (Lipinski definition) is 1. The molecule has 0 aliphatic rings. The van der Waals surface area contributed by atoms with Gasteiger partial charge in [-0.3, -0.25) is 4.79 Å². The largest absolute Gasteiger partial charge is 0.290 e. The van der Waals surface area contributed by atoms with Gasteiger partial charge in [0.05, 0.1) is 12.4 Å². The van der Waals surface area contributed by atoms with Crippen molar-refractivity contribution >= 4 is 5.78 Å². The predicted octanol–water partition coefficient (Wildman–Crippen LogP) is 0.732. The van der Waals surface area contributed by atoms with Crippen LogP contribution in [0.25, 0.3) is 0 Å². The van der Waals surface area contributed by atoms with Gasteiger partial charge in [-0.1, -0.05) is 13.2 Å². The first-order chi connectivity index (χ1) is 5.31. The summed E-state index contributed by atoms with van der Waals surface area (Å²) in [5.74, 6) is -0.130. The van der Waals surface area contributed by atoms with Crippen molar-refractivity contribution in [3.8, 4) is 0 Å². The van der Waals surface area contributed by atoms with Gasteiger partial charge in [0.2, 0.25) is 0 Å². The molecule has 4 nitrogen and oxygen atoms in total. The van der Waals surface area contributed by atoms with E-state index in [-0.39, 0.29) is 5.78 Å². The summed E-state index contributed by atoms with van der Waals surface area (Å²) in [6.07, 6.45) is 5.60. The van der Waals surface area contributed by atoms with Crippen LogP contribution in [0.1, 0.15) is 0 Å². The summed E-state index contributed by atoms with van der Waals surface area (Å²) in [5, 5.41) is 9.33. The highest BCUT2D eigenvalue weighted by Crippen LogP contribution is 1.68. The minimum absolute atomic E-state index is 0.130. The molecule has 0 radical (unpaired) electrons. The Balaban J connectivity index is 0.000000183. The van der Waals surface area contributed by atoms with Crippen LogP contribution in [0.2, 0.25) is 0 Å². The van der Waals surface area contributed by atoms with Gasteiger partial charge in [-0.05, 0) is 12.2 Å². The zero-order chi connectivity index (χ0) is 8.53.